The van der Waals surface area contributed by atoms with Gasteiger partial charge in [-0.2, -0.15) is 0 Å². The highest BCUT2D eigenvalue weighted by Crippen LogP contribution is 2.33. The van der Waals surface area contributed by atoms with E-state index in [1.807, 2.05) is 0 Å². The molecule has 2 aromatic heterocycles. The molecule has 2 aliphatic heterocycles. The summed E-state index contributed by atoms with van der Waals surface area (Å²) in [7, 11) is 0. The van der Waals surface area contributed by atoms with Crippen LogP contribution in [0.15, 0.2) is 12.3 Å². The molecule has 2 aromatic rings. The van der Waals surface area contributed by atoms with Crippen LogP contribution in [0.4, 0.5) is 5.82 Å². The van der Waals surface area contributed by atoms with E-state index in [9.17, 15) is 5.11 Å². The molecule has 2 saturated heterocycles. The quantitative estimate of drug-likeness (QED) is 0.915. The van der Waals surface area contributed by atoms with Gasteiger partial charge in [-0.05, 0) is 18.9 Å². The third-order valence-electron chi connectivity index (χ3n) is 4.98. The minimum absolute atomic E-state index is 0.122. The van der Waals surface area contributed by atoms with Crippen molar-refractivity contribution in [2.45, 2.75) is 51.2 Å². The van der Waals surface area contributed by atoms with Crippen molar-refractivity contribution in [2.75, 3.05) is 31.2 Å². The normalized spacial score (nSPS) is 25.1. The molecule has 1 N–H and O–H groups in total. The van der Waals surface area contributed by atoms with Crippen molar-refractivity contribution in [1.29, 1.82) is 0 Å². The van der Waals surface area contributed by atoms with Gasteiger partial charge in [-0.3, -0.25) is 0 Å². The smallest absolute Gasteiger partial charge is 0.146 e. The highest BCUT2D eigenvalue weighted by Gasteiger charge is 2.29. The van der Waals surface area contributed by atoms with E-state index in [0.717, 1.165) is 55.3 Å². The van der Waals surface area contributed by atoms with Crippen LogP contribution in [-0.2, 0) is 10.2 Å². The van der Waals surface area contributed by atoms with Crippen molar-refractivity contribution in [3.63, 3.8) is 0 Å². The van der Waals surface area contributed by atoms with Gasteiger partial charge in [0.2, 0.25) is 0 Å². The van der Waals surface area contributed by atoms with Gasteiger partial charge in [0.05, 0.1) is 24.1 Å². The van der Waals surface area contributed by atoms with Crippen molar-refractivity contribution in [1.82, 2.24) is 14.5 Å². The lowest BCUT2D eigenvalue weighted by atomic mass is 9.95. The summed E-state index contributed by atoms with van der Waals surface area (Å²) in [5.41, 5.74) is 0.865. The molecule has 4 rings (SSSR count). The number of anilines is 1. The van der Waals surface area contributed by atoms with Gasteiger partial charge >= 0.3 is 0 Å². The fourth-order valence-electron chi connectivity index (χ4n) is 3.56. The molecule has 6 heteroatoms. The predicted molar refractivity (Wildman–Crippen MR) is 93.5 cm³/mol. The lowest BCUT2D eigenvalue weighted by molar-refractivity contribution is 0.187. The second-order valence-corrected chi connectivity index (χ2v) is 7.99. The summed E-state index contributed by atoms with van der Waals surface area (Å²) in [4.78, 5) is 12.0. The first kappa shape index (κ1) is 15.8. The highest BCUT2D eigenvalue weighted by molar-refractivity contribution is 5.88. The second kappa shape index (κ2) is 5.70. The van der Waals surface area contributed by atoms with E-state index in [-0.39, 0.29) is 11.5 Å². The molecule has 2 fully saturated rings. The number of hydrogen-bond acceptors (Lipinski definition) is 5. The van der Waals surface area contributed by atoms with Crippen LogP contribution in [0.25, 0.3) is 11.0 Å². The number of aromatic nitrogens is 3. The minimum Gasteiger partial charge on any atom is -0.391 e. The Hall–Kier alpha value is -1.66. The summed E-state index contributed by atoms with van der Waals surface area (Å²) < 4.78 is 7.81. The number of β-amino-alcohol motifs (C(OH)–C–C–N with tert-alkyl or cyclic N) is 1. The Morgan fingerprint density at radius 1 is 1.25 bits per heavy atom. The molecule has 1 unspecified atom stereocenters. The van der Waals surface area contributed by atoms with Crippen molar-refractivity contribution < 1.29 is 9.84 Å². The number of aliphatic hydroxyl groups excluding tert-OH is 1. The van der Waals surface area contributed by atoms with E-state index < -0.39 is 0 Å². The van der Waals surface area contributed by atoms with E-state index in [4.69, 9.17) is 14.7 Å². The van der Waals surface area contributed by atoms with E-state index in [1.165, 1.54) is 0 Å². The Morgan fingerprint density at radius 3 is 2.71 bits per heavy atom. The Balaban J connectivity index is 1.87. The van der Waals surface area contributed by atoms with Gasteiger partial charge in [-0.25, -0.2) is 9.97 Å². The molecule has 6 nitrogen and oxygen atoms in total. The van der Waals surface area contributed by atoms with E-state index >= 15 is 0 Å². The Labute approximate surface area is 142 Å². The van der Waals surface area contributed by atoms with Gasteiger partial charge < -0.3 is 19.3 Å². The fraction of sp³-hybridized carbons (Fsp3) is 0.667. The minimum atomic E-state index is -0.265. The van der Waals surface area contributed by atoms with Crippen LogP contribution in [0.3, 0.4) is 0 Å². The summed E-state index contributed by atoms with van der Waals surface area (Å²) in [5.74, 6) is 1.81. The molecular weight excluding hydrogens is 304 g/mol. The van der Waals surface area contributed by atoms with E-state index in [1.54, 1.807) is 0 Å². The van der Waals surface area contributed by atoms with E-state index in [2.05, 4.69) is 42.5 Å². The molecule has 4 heterocycles. The second-order valence-electron chi connectivity index (χ2n) is 7.99. The summed E-state index contributed by atoms with van der Waals surface area (Å²) in [6.45, 7) is 9.47. The molecule has 0 bridgehead atoms. The maximum Gasteiger partial charge on any atom is 0.146 e. The van der Waals surface area contributed by atoms with Gasteiger partial charge in [0.25, 0.3) is 0 Å². The van der Waals surface area contributed by atoms with Crippen LogP contribution in [0.5, 0.6) is 0 Å². The molecular formula is C18H26N4O2. The average Bonchev–Trinajstić information content (AvgIpc) is 3.24. The summed E-state index contributed by atoms with van der Waals surface area (Å²) in [5, 5.41) is 11.0. The number of fused-ring (bicyclic) bond motifs is 1. The molecule has 0 amide bonds. The molecule has 0 spiro atoms. The van der Waals surface area contributed by atoms with Crippen LogP contribution in [-0.4, -0.2) is 52.0 Å². The zero-order chi connectivity index (χ0) is 16.9. The lowest BCUT2D eigenvalue weighted by Crippen LogP contribution is -2.25. The zero-order valence-corrected chi connectivity index (χ0v) is 14.7. The Morgan fingerprint density at radius 2 is 2.08 bits per heavy atom. The molecule has 0 radical (unpaired) electrons. The number of aliphatic hydroxyl groups is 1. The van der Waals surface area contributed by atoms with Crippen molar-refractivity contribution in [3.05, 3.63) is 18.1 Å². The van der Waals surface area contributed by atoms with Gasteiger partial charge in [-0.15, -0.1) is 0 Å². The van der Waals surface area contributed by atoms with Crippen molar-refractivity contribution in [3.8, 4) is 0 Å². The zero-order valence-electron chi connectivity index (χ0n) is 14.7. The van der Waals surface area contributed by atoms with Gasteiger partial charge in [-0.1, -0.05) is 20.8 Å². The summed E-state index contributed by atoms with van der Waals surface area (Å²) >= 11 is 0. The molecule has 130 valence electrons. The molecule has 0 aromatic carbocycles. The van der Waals surface area contributed by atoms with Gasteiger partial charge in [0.1, 0.15) is 17.3 Å². The molecule has 0 saturated carbocycles. The summed E-state index contributed by atoms with van der Waals surface area (Å²) in [6, 6.07) is 2.46. The molecule has 0 aliphatic carbocycles. The SMILES string of the molecule is CC(C)(C)c1nc(N2CCC(O)C2)c2ccn([C@@H]3CCOC3)c2n1. The van der Waals surface area contributed by atoms with Crippen molar-refractivity contribution in [2.24, 2.45) is 0 Å². The maximum atomic E-state index is 9.93. The van der Waals surface area contributed by atoms with Crippen LogP contribution in [0, 0.1) is 0 Å². The molecule has 2 aliphatic rings. The molecule has 2 atom stereocenters. The third-order valence-corrected chi connectivity index (χ3v) is 4.98. The van der Waals surface area contributed by atoms with Crippen LogP contribution >= 0.6 is 0 Å². The predicted octanol–water partition coefficient (Wildman–Crippen LogP) is 2.26. The first-order chi connectivity index (χ1) is 11.4. The first-order valence-electron chi connectivity index (χ1n) is 8.83. The highest BCUT2D eigenvalue weighted by atomic mass is 16.5. The van der Waals surface area contributed by atoms with Crippen LogP contribution in [0.2, 0.25) is 0 Å². The number of nitrogens with zero attached hydrogens (tertiary/aromatic N) is 4. The fourth-order valence-corrected chi connectivity index (χ4v) is 3.56. The number of rotatable bonds is 2. The monoisotopic (exact) mass is 330 g/mol. The third kappa shape index (κ3) is 2.67. The van der Waals surface area contributed by atoms with Gasteiger partial charge in [0, 0.05) is 31.3 Å². The average molecular weight is 330 g/mol. The van der Waals surface area contributed by atoms with E-state index in [0.29, 0.717) is 12.6 Å². The summed E-state index contributed by atoms with van der Waals surface area (Å²) in [6.07, 6.45) is 3.67. The molecule has 24 heavy (non-hydrogen) atoms. The number of hydrogen-bond donors (Lipinski definition) is 1. The first-order valence-corrected chi connectivity index (χ1v) is 8.83. The largest absolute Gasteiger partial charge is 0.391 e. The van der Waals surface area contributed by atoms with Crippen LogP contribution in [0.1, 0.15) is 45.5 Å². The Kier molecular flexibility index (Phi) is 3.77. The van der Waals surface area contributed by atoms with Crippen molar-refractivity contribution >= 4 is 16.9 Å². The number of ether oxygens (including phenoxy) is 1. The Bertz CT molecular complexity index is 743. The topological polar surface area (TPSA) is 63.4 Å². The lowest BCUT2D eigenvalue weighted by Gasteiger charge is -2.23. The maximum absolute atomic E-state index is 9.93. The van der Waals surface area contributed by atoms with Crippen LogP contribution < -0.4 is 4.90 Å². The van der Waals surface area contributed by atoms with Gasteiger partial charge in [0.15, 0.2) is 0 Å². The standard InChI is InChI=1S/C18H26N4O2/c1-18(2,3)17-19-15(21-7-4-13(23)10-21)14-5-8-22(16(14)20-17)12-6-9-24-11-12/h5,8,12-13,23H,4,6-7,9-11H2,1-3H3/t12-,13?/m1/s1.